The van der Waals surface area contributed by atoms with Crippen LogP contribution in [-0.2, 0) is 0 Å². The third-order valence-corrected chi connectivity index (χ3v) is 16.5. The topological polar surface area (TPSA) is 29.0 Å². The fourth-order valence-electron chi connectivity index (χ4n) is 5.65. The van der Waals surface area contributed by atoms with Crippen molar-refractivity contribution in [1.29, 1.82) is 0 Å². The van der Waals surface area contributed by atoms with Gasteiger partial charge in [-0.3, -0.25) is 0 Å². The second kappa shape index (κ2) is 11.9. The van der Waals surface area contributed by atoms with E-state index in [1.165, 1.54) is 31.2 Å². The number of benzene rings is 3. The summed E-state index contributed by atoms with van der Waals surface area (Å²) >= 11 is -4.00. The van der Waals surface area contributed by atoms with Crippen LogP contribution in [0, 0.1) is 20.8 Å². The van der Waals surface area contributed by atoms with Crippen molar-refractivity contribution in [1.82, 2.24) is 9.97 Å². The van der Waals surface area contributed by atoms with Crippen molar-refractivity contribution in [2.75, 3.05) is 4.90 Å². The van der Waals surface area contributed by atoms with E-state index in [1.54, 1.807) is 0 Å². The minimum atomic E-state index is -2.00. The summed E-state index contributed by atoms with van der Waals surface area (Å²) in [5.74, 6) is 14.6. The van der Waals surface area contributed by atoms with Crippen LogP contribution in [0.5, 0.6) is 0 Å². The zero-order valence-corrected chi connectivity index (χ0v) is 30.8. The molecule has 0 N–H and O–H groups in total. The molecule has 3 aromatic carbocycles. The SMILES string of the molecule is Cc1cc(C)c(N(c2cccc(-c3c[c]([Ge]([CH3])([CH3])[CH3])ccn3)c2)c2cccc(-c3c[c]([Ge]([CH3])([CH3])[CH3])ccn3)c2)c(C)c1. The first-order chi connectivity index (χ1) is 19.8. The summed E-state index contributed by atoms with van der Waals surface area (Å²) in [7, 11) is 0. The van der Waals surface area contributed by atoms with Gasteiger partial charge < -0.3 is 0 Å². The number of nitrogens with zero attached hydrogens (tertiary/aromatic N) is 3. The molecule has 0 saturated heterocycles. The predicted molar refractivity (Wildman–Crippen MR) is 188 cm³/mol. The first-order valence-corrected chi connectivity index (χ1v) is 29.5. The van der Waals surface area contributed by atoms with E-state index in [0.717, 1.165) is 33.9 Å². The first kappa shape index (κ1) is 30.3. The van der Waals surface area contributed by atoms with Gasteiger partial charge in [0.2, 0.25) is 0 Å². The van der Waals surface area contributed by atoms with Gasteiger partial charge in [-0.2, -0.15) is 0 Å². The number of aryl methyl sites for hydroxylation is 3. The van der Waals surface area contributed by atoms with Crippen LogP contribution < -0.4 is 13.7 Å². The molecule has 0 fully saturated rings. The second-order valence-electron chi connectivity index (χ2n) is 13.5. The molecule has 0 aliphatic rings. The van der Waals surface area contributed by atoms with Crippen molar-refractivity contribution in [2.24, 2.45) is 0 Å². The molecule has 0 amide bonds. The fourth-order valence-corrected chi connectivity index (χ4v) is 10.5. The number of aromatic nitrogens is 2. The molecule has 5 rings (SSSR count). The molecular weight excluding hydrogens is 632 g/mol. The van der Waals surface area contributed by atoms with Crippen LogP contribution >= 0.6 is 0 Å². The Balaban J connectivity index is 1.68. The van der Waals surface area contributed by atoms with Gasteiger partial charge in [-0.25, -0.2) is 0 Å². The molecule has 3 nitrogen and oxygen atoms in total. The van der Waals surface area contributed by atoms with Crippen LogP contribution in [0.4, 0.5) is 17.1 Å². The van der Waals surface area contributed by atoms with E-state index in [-0.39, 0.29) is 0 Å². The molecule has 42 heavy (non-hydrogen) atoms. The molecule has 0 saturated carbocycles. The maximum absolute atomic E-state index is 4.81. The Morgan fingerprint density at radius 3 is 1.36 bits per heavy atom. The zero-order chi connectivity index (χ0) is 30.2. The summed E-state index contributed by atoms with van der Waals surface area (Å²) in [6.07, 6.45) is 3.96. The monoisotopic (exact) mass is 677 g/mol. The number of rotatable bonds is 7. The summed E-state index contributed by atoms with van der Waals surface area (Å²) in [6.45, 7) is 6.61. The van der Waals surface area contributed by atoms with Gasteiger partial charge in [0.25, 0.3) is 0 Å². The molecule has 5 aromatic rings. The molecular formula is C37H43Ge2N3. The average Bonchev–Trinajstić information content (AvgIpc) is 2.94. The molecule has 214 valence electrons. The summed E-state index contributed by atoms with van der Waals surface area (Å²) in [5, 5.41) is 0. The normalized spacial score (nSPS) is 11.9. The summed E-state index contributed by atoms with van der Waals surface area (Å²) < 4.78 is 2.93. The van der Waals surface area contributed by atoms with Gasteiger partial charge in [0.15, 0.2) is 0 Å². The number of hydrogen-bond acceptors (Lipinski definition) is 3. The van der Waals surface area contributed by atoms with Gasteiger partial charge in [-0.05, 0) is 0 Å². The molecule has 0 spiro atoms. The number of hydrogen-bond donors (Lipinski definition) is 0. The summed E-state index contributed by atoms with van der Waals surface area (Å²) in [5.41, 5.74) is 11.6. The van der Waals surface area contributed by atoms with Crippen molar-refractivity contribution in [2.45, 2.75) is 55.3 Å². The molecule has 5 heteroatoms. The van der Waals surface area contributed by atoms with E-state index < -0.39 is 26.5 Å². The van der Waals surface area contributed by atoms with Gasteiger partial charge in [-0.1, -0.05) is 0 Å². The van der Waals surface area contributed by atoms with Crippen LogP contribution in [-0.4, -0.2) is 36.5 Å². The van der Waals surface area contributed by atoms with Crippen molar-refractivity contribution >= 4 is 52.4 Å². The Hall–Kier alpha value is -3.15. The van der Waals surface area contributed by atoms with E-state index in [1.807, 2.05) is 12.4 Å². The first-order valence-electron chi connectivity index (χ1n) is 14.8. The van der Waals surface area contributed by atoms with Crippen molar-refractivity contribution in [3.63, 3.8) is 0 Å². The molecule has 2 aromatic heterocycles. The fraction of sp³-hybridized carbons (Fsp3) is 0.243. The minimum absolute atomic E-state index is 1.04. The Bertz CT molecular complexity index is 1620. The van der Waals surface area contributed by atoms with Gasteiger partial charge >= 0.3 is 259 Å². The van der Waals surface area contributed by atoms with Crippen LogP contribution in [0.3, 0.4) is 0 Å². The third-order valence-electron chi connectivity index (χ3n) is 7.91. The Morgan fingerprint density at radius 1 is 0.524 bits per heavy atom. The van der Waals surface area contributed by atoms with E-state index in [9.17, 15) is 0 Å². The van der Waals surface area contributed by atoms with E-state index in [4.69, 9.17) is 9.97 Å². The molecule has 2 heterocycles. The molecule has 0 radical (unpaired) electrons. The van der Waals surface area contributed by atoms with Crippen molar-refractivity contribution in [3.8, 4) is 22.5 Å². The Morgan fingerprint density at radius 2 is 0.952 bits per heavy atom. The molecule has 0 aliphatic heterocycles. The average molecular weight is 675 g/mol. The predicted octanol–water partition coefficient (Wildman–Crippen LogP) is 9.30. The third kappa shape index (κ3) is 6.58. The molecule has 0 atom stereocenters. The molecule has 0 aliphatic carbocycles. The van der Waals surface area contributed by atoms with Gasteiger partial charge in [-0.15, -0.1) is 0 Å². The summed E-state index contributed by atoms with van der Waals surface area (Å²) in [6, 6.07) is 31.3. The van der Waals surface area contributed by atoms with Crippen LogP contribution in [0.25, 0.3) is 22.5 Å². The van der Waals surface area contributed by atoms with E-state index in [2.05, 4.69) is 145 Å². The van der Waals surface area contributed by atoms with E-state index in [0.29, 0.717) is 0 Å². The Labute approximate surface area is 257 Å². The number of anilines is 3. The molecule has 0 bridgehead atoms. The standard InChI is InChI=1S/C37H43Ge2N3/c1-26-20-27(2)37(28(3)21-26)42(33-14-10-12-29(22-33)35-24-31(16-18-40-35)38(4,5)6)34-15-11-13-30(23-34)36-25-32(17-19-41-36)39(7,8)9/h10-25H,1-9H3. The zero-order valence-electron chi connectivity index (χ0n) is 26.6. The van der Waals surface area contributed by atoms with Gasteiger partial charge in [0.1, 0.15) is 0 Å². The van der Waals surface area contributed by atoms with Crippen molar-refractivity contribution < 1.29 is 0 Å². The number of pyridine rings is 2. The Kier molecular flexibility index (Phi) is 8.55. The van der Waals surface area contributed by atoms with Crippen LogP contribution in [0.15, 0.2) is 97.3 Å². The van der Waals surface area contributed by atoms with Gasteiger partial charge in [0, 0.05) is 0 Å². The quantitative estimate of drug-likeness (QED) is 0.161. The summed E-state index contributed by atoms with van der Waals surface area (Å²) in [4.78, 5) is 12.0. The molecule has 0 unspecified atom stereocenters. The van der Waals surface area contributed by atoms with Gasteiger partial charge in [0.05, 0.1) is 0 Å². The second-order valence-corrected chi connectivity index (χ2v) is 34.8. The van der Waals surface area contributed by atoms with E-state index >= 15 is 0 Å². The van der Waals surface area contributed by atoms with Crippen molar-refractivity contribution in [3.05, 3.63) is 114 Å². The van der Waals surface area contributed by atoms with Crippen LogP contribution in [0.1, 0.15) is 16.7 Å². The van der Waals surface area contributed by atoms with Crippen LogP contribution in [0.2, 0.25) is 34.5 Å². The maximum atomic E-state index is 4.81.